The van der Waals surface area contributed by atoms with Gasteiger partial charge in [-0.25, -0.2) is 9.37 Å². The molecule has 32 heavy (non-hydrogen) atoms. The number of ether oxygens (including phenoxy) is 2. The summed E-state index contributed by atoms with van der Waals surface area (Å²) >= 11 is 1.75. The fourth-order valence-corrected chi connectivity index (χ4v) is 3.00. The van der Waals surface area contributed by atoms with Gasteiger partial charge in [0.05, 0.1) is 18.4 Å². The van der Waals surface area contributed by atoms with Crippen LogP contribution in [0.3, 0.4) is 0 Å². The summed E-state index contributed by atoms with van der Waals surface area (Å²) in [5.74, 6) is -0.178. The van der Waals surface area contributed by atoms with Crippen molar-refractivity contribution in [2.45, 2.75) is 39.4 Å². The fraction of sp³-hybridized carbons (Fsp3) is 0.409. The van der Waals surface area contributed by atoms with Gasteiger partial charge in [-0.2, -0.15) is 0 Å². The van der Waals surface area contributed by atoms with E-state index in [2.05, 4.69) is 15.6 Å². The first-order valence-electron chi connectivity index (χ1n) is 10.1. The van der Waals surface area contributed by atoms with Crippen LogP contribution in [0.25, 0.3) is 0 Å². The fourth-order valence-electron chi connectivity index (χ4n) is 2.56. The maximum Gasteiger partial charge on any atom is 0.269 e. The van der Waals surface area contributed by atoms with Gasteiger partial charge in [0.1, 0.15) is 46.0 Å². The van der Waals surface area contributed by atoms with Crippen LogP contribution in [0.2, 0.25) is 0 Å². The molecule has 0 radical (unpaired) electrons. The normalized spacial score (nSPS) is 11.7. The third kappa shape index (κ3) is 8.95. The average Bonchev–Trinajstić information content (AvgIpc) is 2.76. The van der Waals surface area contributed by atoms with Crippen molar-refractivity contribution in [3.8, 4) is 11.5 Å². The molecule has 2 N–H and O–H groups in total. The van der Waals surface area contributed by atoms with E-state index in [-0.39, 0.29) is 48.6 Å². The standard InChI is InChI=1S/C22H27FIN3O5/c1-14(2)31-17-6-7-20(26-11-17)22(29)25-9-8-18(32-24)12-27-21(28)13-30-16-5-4-15(3)19(23)10-16/h4-7,10-11,14,18H,8-9,12-13H2,1-3H3,(H,25,29)(H,27,28). The van der Waals surface area contributed by atoms with Crippen LogP contribution in [0.5, 0.6) is 11.5 Å². The van der Waals surface area contributed by atoms with E-state index in [9.17, 15) is 14.0 Å². The lowest BCUT2D eigenvalue weighted by molar-refractivity contribution is -0.123. The molecule has 0 aliphatic carbocycles. The lowest BCUT2D eigenvalue weighted by Gasteiger charge is -2.15. The molecule has 10 heteroatoms. The Bertz CT molecular complexity index is 896. The van der Waals surface area contributed by atoms with E-state index in [1.807, 2.05) is 13.8 Å². The van der Waals surface area contributed by atoms with Crippen molar-refractivity contribution in [1.82, 2.24) is 15.6 Å². The second-order valence-corrected chi connectivity index (χ2v) is 7.81. The van der Waals surface area contributed by atoms with Crippen LogP contribution >= 0.6 is 23.0 Å². The van der Waals surface area contributed by atoms with E-state index in [0.29, 0.717) is 24.3 Å². The Hall–Kier alpha value is -2.47. The number of halogens is 2. The number of nitrogens with zero attached hydrogens (tertiary/aromatic N) is 1. The zero-order valence-electron chi connectivity index (χ0n) is 18.2. The first-order chi connectivity index (χ1) is 15.3. The molecule has 0 spiro atoms. The number of aryl methyl sites for hydroxylation is 1. The van der Waals surface area contributed by atoms with Crippen LogP contribution in [0.4, 0.5) is 4.39 Å². The second-order valence-electron chi connectivity index (χ2n) is 7.31. The quantitative estimate of drug-likeness (QED) is 0.387. The molecule has 0 saturated heterocycles. The number of carbonyl (C=O) groups is 2. The molecule has 1 atom stereocenters. The van der Waals surface area contributed by atoms with Gasteiger partial charge in [0.25, 0.3) is 11.8 Å². The Labute approximate surface area is 200 Å². The average molecular weight is 559 g/mol. The van der Waals surface area contributed by atoms with Crippen LogP contribution in [-0.2, 0) is 7.86 Å². The highest BCUT2D eigenvalue weighted by Crippen LogP contribution is 2.15. The summed E-state index contributed by atoms with van der Waals surface area (Å²) in [6.45, 7) is 5.80. The summed E-state index contributed by atoms with van der Waals surface area (Å²) in [5, 5.41) is 5.46. The molecule has 1 heterocycles. The van der Waals surface area contributed by atoms with Gasteiger partial charge in [-0.15, -0.1) is 0 Å². The van der Waals surface area contributed by atoms with Gasteiger partial charge in [-0.1, -0.05) is 6.07 Å². The SMILES string of the molecule is Cc1ccc(OCC(=O)NCC(CCNC(=O)c2ccc(OC(C)C)cn2)OI)cc1F. The molecule has 174 valence electrons. The Morgan fingerprint density at radius 3 is 2.53 bits per heavy atom. The maximum atomic E-state index is 13.5. The number of rotatable bonds is 12. The summed E-state index contributed by atoms with van der Waals surface area (Å²) in [7, 11) is 0. The lowest BCUT2D eigenvalue weighted by atomic mass is 10.2. The molecule has 1 unspecified atom stereocenters. The summed E-state index contributed by atoms with van der Waals surface area (Å²) in [6, 6.07) is 7.72. The predicted octanol–water partition coefficient (Wildman–Crippen LogP) is 3.37. The van der Waals surface area contributed by atoms with Crippen molar-refractivity contribution in [2.75, 3.05) is 19.7 Å². The Morgan fingerprint density at radius 2 is 1.91 bits per heavy atom. The van der Waals surface area contributed by atoms with Gasteiger partial charge >= 0.3 is 0 Å². The van der Waals surface area contributed by atoms with Gasteiger partial charge < -0.3 is 23.2 Å². The number of hydrogen-bond donors (Lipinski definition) is 2. The first kappa shape index (κ1) is 25.8. The minimum absolute atomic E-state index is 0.0272. The van der Waals surface area contributed by atoms with E-state index in [4.69, 9.17) is 12.5 Å². The largest absolute Gasteiger partial charge is 0.489 e. The third-order valence-corrected chi connectivity index (χ3v) is 4.98. The van der Waals surface area contributed by atoms with Crippen LogP contribution in [0.15, 0.2) is 36.5 Å². The van der Waals surface area contributed by atoms with Crippen molar-refractivity contribution >= 4 is 34.8 Å². The minimum atomic E-state index is -0.390. The zero-order valence-corrected chi connectivity index (χ0v) is 20.3. The number of hydrogen-bond acceptors (Lipinski definition) is 6. The summed E-state index contributed by atoms with van der Waals surface area (Å²) in [5.41, 5.74) is 0.787. The van der Waals surface area contributed by atoms with E-state index < -0.39 is 5.82 Å². The zero-order chi connectivity index (χ0) is 23.5. The van der Waals surface area contributed by atoms with Crippen molar-refractivity contribution in [3.05, 3.63) is 53.6 Å². The molecule has 2 amide bonds. The maximum absolute atomic E-state index is 13.5. The topological polar surface area (TPSA) is 98.8 Å². The molecule has 0 aliphatic heterocycles. The summed E-state index contributed by atoms with van der Waals surface area (Å²) < 4.78 is 29.6. The molecule has 2 rings (SSSR count). The number of benzene rings is 1. The van der Waals surface area contributed by atoms with Gasteiger partial charge in [0.15, 0.2) is 6.61 Å². The Morgan fingerprint density at radius 1 is 1.16 bits per heavy atom. The van der Waals surface area contributed by atoms with Crippen molar-refractivity contribution in [1.29, 1.82) is 0 Å². The number of amides is 2. The van der Waals surface area contributed by atoms with Gasteiger partial charge in [0.2, 0.25) is 0 Å². The van der Waals surface area contributed by atoms with E-state index in [1.54, 1.807) is 54.2 Å². The van der Waals surface area contributed by atoms with Crippen LogP contribution in [-0.4, -0.2) is 48.7 Å². The highest BCUT2D eigenvalue weighted by atomic mass is 127. The molecular formula is C22H27FIN3O5. The van der Waals surface area contributed by atoms with Gasteiger partial charge in [0, 0.05) is 19.2 Å². The highest BCUT2D eigenvalue weighted by Gasteiger charge is 2.13. The molecule has 0 saturated carbocycles. The number of carbonyl (C=O) groups excluding carboxylic acids is 2. The minimum Gasteiger partial charge on any atom is -0.489 e. The molecule has 2 aromatic rings. The molecular weight excluding hydrogens is 532 g/mol. The Kier molecular flexibility index (Phi) is 10.6. The molecule has 8 nitrogen and oxygen atoms in total. The third-order valence-electron chi connectivity index (χ3n) is 4.26. The van der Waals surface area contributed by atoms with Crippen LogP contribution in [0.1, 0.15) is 36.3 Å². The van der Waals surface area contributed by atoms with E-state index in [1.165, 1.54) is 12.3 Å². The monoisotopic (exact) mass is 559 g/mol. The first-order valence-corrected chi connectivity index (χ1v) is 11.0. The number of pyridine rings is 1. The Balaban J connectivity index is 1.68. The summed E-state index contributed by atoms with van der Waals surface area (Å²) in [4.78, 5) is 28.3. The van der Waals surface area contributed by atoms with Gasteiger partial charge in [-0.3, -0.25) is 9.59 Å². The van der Waals surface area contributed by atoms with Crippen molar-refractivity contribution < 1.29 is 26.5 Å². The number of aromatic nitrogens is 1. The molecule has 1 aromatic carbocycles. The van der Waals surface area contributed by atoms with E-state index >= 15 is 0 Å². The molecule has 0 aliphatic rings. The smallest absolute Gasteiger partial charge is 0.269 e. The van der Waals surface area contributed by atoms with Crippen molar-refractivity contribution in [2.24, 2.45) is 0 Å². The van der Waals surface area contributed by atoms with Gasteiger partial charge in [-0.05, 0) is 51.0 Å². The second kappa shape index (κ2) is 13.2. The molecule has 0 bridgehead atoms. The predicted molar refractivity (Wildman–Crippen MR) is 125 cm³/mol. The lowest BCUT2D eigenvalue weighted by Crippen LogP contribution is -2.37. The van der Waals surface area contributed by atoms with Crippen LogP contribution < -0.4 is 20.1 Å². The molecule has 0 fully saturated rings. The highest BCUT2D eigenvalue weighted by molar-refractivity contribution is 14.1. The number of nitrogens with one attached hydrogen (secondary N) is 2. The van der Waals surface area contributed by atoms with E-state index in [0.717, 1.165) is 0 Å². The molecule has 1 aromatic heterocycles. The van der Waals surface area contributed by atoms with Crippen LogP contribution in [0, 0.1) is 12.7 Å². The van der Waals surface area contributed by atoms with Crippen molar-refractivity contribution in [3.63, 3.8) is 0 Å². The summed E-state index contributed by atoms with van der Waals surface area (Å²) in [6.07, 6.45) is 1.70.